The summed E-state index contributed by atoms with van der Waals surface area (Å²) < 4.78 is 37.1. The van der Waals surface area contributed by atoms with Crippen LogP contribution in [0.25, 0.3) is 0 Å². The first-order valence-electron chi connectivity index (χ1n) is 6.34. The van der Waals surface area contributed by atoms with Crippen molar-refractivity contribution in [1.29, 1.82) is 0 Å². The van der Waals surface area contributed by atoms with Crippen LogP contribution < -0.4 is 11.1 Å². The van der Waals surface area contributed by atoms with Gasteiger partial charge in [-0.3, -0.25) is 0 Å². The van der Waals surface area contributed by atoms with E-state index in [0.717, 1.165) is 25.1 Å². The Morgan fingerprint density at radius 2 is 1.84 bits per heavy atom. The van der Waals surface area contributed by atoms with Gasteiger partial charge in [0.15, 0.2) is 0 Å². The summed E-state index contributed by atoms with van der Waals surface area (Å²) >= 11 is 0. The van der Waals surface area contributed by atoms with E-state index in [-0.39, 0.29) is 5.41 Å². The van der Waals surface area contributed by atoms with Crippen molar-refractivity contribution < 1.29 is 13.2 Å². The van der Waals surface area contributed by atoms with Gasteiger partial charge >= 0.3 is 6.18 Å². The van der Waals surface area contributed by atoms with Crippen LogP contribution in [0.1, 0.15) is 32.3 Å². The number of nitrogens with one attached hydrogen (secondary N) is 1. The van der Waals surface area contributed by atoms with Crippen molar-refractivity contribution in [2.75, 3.05) is 18.4 Å². The molecule has 0 saturated carbocycles. The zero-order valence-electron chi connectivity index (χ0n) is 11.2. The van der Waals surface area contributed by atoms with Crippen molar-refractivity contribution >= 4 is 5.82 Å². The molecule has 0 aliphatic heterocycles. The van der Waals surface area contributed by atoms with E-state index >= 15 is 0 Å². The fourth-order valence-corrected chi connectivity index (χ4v) is 1.81. The van der Waals surface area contributed by atoms with E-state index < -0.39 is 11.7 Å². The van der Waals surface area contributed by atoms with Crippen molar-refractivity contribution in [1.82, 2.24) is 4.98 Å². The number of pyridine rings is 1. The molecule has 0 radical (unpaired) electrons. The molecule has 1 heterocycles. The van der Waals surface area contributed by atoms with E-state index in [1.54, 1.807) is 0 Å². The minimum absolute atomic E-state index is 0.0373. The maximum absolute atomic E-state index is 12.4. The topological polar surface area (TPSA) is 50.9 Å². The summed E-state index contributed by atoms with van der Waals surface area (Å²) in [5, 5.41) is 3.06. The van der Waals surface area contributed by atoms with Crippen molar-refractivity contribution in [3.05, 3.63) is 23.9 Å². The zero-order valence-corrected chi connectivity index (χ0v) is 11.2. The Kier molecular flexibility index (Phi) is 5.17. The molecular weight excluding hydrogens is 255 g/mol. The fraction of sp³-hybridized carbons (Fsp3) is 0.615. The van der Waals surface area contributed by atoms with Crippen LogP contribution in [0, 0.1) is 5.41 Å². The Morgan fingerprint density at radius 3 is 2.21 bits per heavy atom. The third kappa shape index (κ3) is 4.09. The predicted octanol–water partition coefficient (Wildman–Crippen LogP) is 3.28. The fourth-order valence-electron chi connectivity index (χ4n) is 1.81. The smallest absolute Gasteiger partial charge is 0.369 e. The number of nitrogens with two attached hydrogens (primary N) is 1. The minimum Gasteiger partial charge on any atom is -0.369 e. The molecule has 0 aliphatic rings. The molecule has 1 aromatic rings. The molecule has 0 unspecified atom stereocenters. The van der Waals surface area contributed by atoms with Gasteiger partial charge in [0.25, 0.3) is 0 Å². The molecular formula is C13H20F3N3. The monoisotopic (exact) mass is 275 g/mol. The minimum atomic E-state index is -4.35. The Labute approximate surface area is 111 Å². The first-order chi connectivity index (χ1) is 8.87. The molecule has 0 bridgehead atoms. The van der Waals surface area contributed by atoms with Gasteiger partial charge in [-0.05, 0) is 36.9 Å². The lowest BCUT2D eigenvalue weighted by Crippen LogP contribution is -2.36. The van der Waals surface area contributed by atoms with Gasteiger partial charge in [0.1, 0.15) is 5.82 Å². The van der Waals surface area contributed by atoms with Gasteiger partial charge in [0.05, 0.1) is 5.56 Å². The molecule has 0 aliphatic carbocycles. The molecule has 1 rings (SSSR count). The molecule has 0 fully saturated rings. The average molecular weight is 275 g/mol. The third-order valence-electron chi connectivity index (χ3n) is 3.67. The molecule has 3 N–H and O–H groups in total. The summed E-state index contributed by atoms with van der Waals surface area (Å²) in [5.41, 5.74) is 4.99. The number of hydrogen-bond donors (Lipinski definition) is 2. The number of rotatable bonds is 6. The summed E-state index contributed by atoms with van der Waals surface area (Å²) in [6.45, 7) is 5.25. The van der Waals surface area contributed by atoms with Gasteiger partial charge in [-0.2, -0.15) is 13.2 Å². The van der Waals surface area contributed by atoms with E-state index in [0.29, 0.717) is 18.9 Å². The van der Waals surface area contributed by atoms with Crippen LogP contribution >= 0.6 is 0 Å². The van der Waals surface area contributed by atoms with Crippen LogP contribution in [0.5, 0.6) is 0 Å². The Bertz CT molecular complexity index is 375. The van der Waals surface area contributed by atoms with Gasteiger partial charge in [-0.1, -0.05) is 13.8 Å². The van der Waals surface area contributed by atoms with E-state index in [2.05, 4.69) is 24.1 Å². The second-order valence-corrected chi connectivity index (χ2v) is 4.69. The second kappa shape index (κ2) is 6.23. The van der Waals surface area contributed by atoms with Gasteiger partial charge in [0, 0.05) is 12.7 Å². The summed E-state index contributed by atoms with van der Waals surface area (Å²) in [6, 6.07) is 2.37. The van der Waals surface area contributed by atoms with Crippen LogP contribution in [0.3, 0.4) is 0 Å². The Hall–Kier alpha value is -1.30. The van der Waals surface area contributed by atoms with Crippen LogP contribution in [0.4, 0.5) is 19.0 Å². The molecule has 0 spiro atoms. The summed E-state index contributed by atoms with van der Waals surface area (Å²) in [5.74, 6) is 0.438. The highest BCUT2D eigenvalue weighted by atomic mass is 19.4. The third-order valence-corrected chi connectivity index (χ3v) is 3.67. The van der Waals surface area contributed by atoms with Crippen molar-refractivity contribution in [2.24, 2.45) is 11.1 Å². The lowest BCUT2D eigenvalue weighted by molar-refractivity contribution is -0.137. The van der Waals surface area contributed by atoms with E-state index in [1.807, 2.05) is 0 Å². The van der Waals surface area contributed by atoms with Crippen LogP contribution in [0.2, 0.25) is 0 Å². The number of anilines is 1. The highest BCUT2D eigenvalue weighted by Gasteiger charge is 2.30. The molecule has 1 aromatic heterocycles. The maximum Gasteiger partial charge on any atom is 0.417 e. The number of halogens is 3. The molecule has 3 nitrogen and oxygen atoms in total. The predicted molar refractivity (Wildman–Crippen MR) is 69.8 cm³/mol. The van der Waals surface area contributed by atoms with Crippen molar-refractivity contribution in [3.8, 4) is 0 Å². The second-order valence-electron chi connectivity index (χ2n) is 4.69. The largest absolute Gasteiger partial charge is 0.417 e. The summed E-state index contributed by atoms with van der Waals surface area (Å²) in [7, 11) is 0. The first-order valence-corrected chi connectivity index (χ1v) is 6.34. The Morgan fingerprint density at radius 1 is 1.21 bits per heavy atom. The normalized spacial score (nSPS) is 12.5. The average Bonchev–Trinajstić information content (AvgIpc) is 2.40. The number of nitrogens with zero attached hydrogens (tertiary/aromatic N) is 1. The Balaban J connectivity index is 2.69. The van der Waals surface area contributed by atoms with Crippen molar-refractivity contribution in [3.63, 3.8) is 0 Å². The molecule has 6 heteroatoms. The quantitative estimate of drug-likeness (QED) is 0.837. The SMILES string of the molecule is CCC(CC)(CN)CNc1ccc(C(F)(F)F)cn1. The number of alkyl halides is 3. The first kappa shape index (κ1) is 15.8. The number of aromatic nitrogens is 1. The van der Waals surface area contributed by atoms with Crippen LogP contribution in [-0.2, 0) is 6.18 Å². The highest BCUT2D eigenvalue weighted by molar-refractivity contribution is 5.36. The van der Waals surface area contributed by atoms with Gasteiger partial charge in [-0.15, -0.1) is 0 Å². The van der Waals surface area contributed by atoms with Crippen LogP contribution in [-0.4, -0.2) is 18.1 Å². The standard InChI is InChI=1S/C13H20F3N3/c1-3-12(4-2,8-17)9-19-11-6-5-10(7-18-11)13(14,15)16/h5-7H,3-4,8-9,17H2,1-2H3,(H,18,19). The molecule has 108 valence electrons. The van der Waals surface area contributed by atoms with E-state index in [4.69, 9.17) is 5.73 Å². The summed E-state index contributed by atoms with van der Waals surface area (Å²) in [4.78, 5) is 3.78. The molecule has 0 amide bonds. The van der Waals surface area contributed by atoms with Gasteiger partial charge in [-0.25, -0.2) is 4.98 Å². The van der Waals surface area contributed by atoms with Crippen LogP contribution in [0.15, 0.2) is 18.3 Å². The van der Waals surface area contributed by atoms with E-state index in [9.17, 15) is 13.2 Å². The van der Waals surface area contributed by atoms with Crippen molar-refractivity contribution in [2.45, 2.75) is 32.9 Å². The van der Waals surface area contributed by atoms with Gasteiger partial charge in [0.2, 0.25) is 0 Å². The molecule has 0 atom stereocenters. The lowest BCUT2D eigenvalue weighted by atomic mass is 9.82. The van der Waals surface area contributed by atoms with E-state index in [1.165, 1.54) is 6.07 Å². The lowest BCUT2D eigenvalue weighted by Gasteiger charge is -2.30. The number of hydrogen-bond acceptors (Lipinski definition) is 3. The molecule has 0 aromatic carbocycles. The maximum atomic E-state index is 12.4. The summed E-state index contributed by atoms with van der Waals surface area (Å²) in [6.07, 6.45) is -1.69. The molecule has 0 saturated heterocycles. The van der Waals surface area contributed by atoms with Gasteiger partial charge < -0.3 is 11.1 Å². The highest BCUT2D eigenvalue weighted by Crippen LogP contribution is 2.29. The zero-order chi connectivity index (χ0) is 14.5. The molecule has 19 heavy (non-hydrogen) atoms.